The number of hydrogen-bond acceptors (Lipinski definition) is 7. The number of esters is 1. The average Bonchev–Trinajstić information content (AvgIpc) is 3.01. The first-order valence-electron chi connectivity index (χ1n) is 7.97. The number of thiophene rings is 1. The molecule has 0 aliphatic carbocycles. The number of anilines is 1. The molecule has 1 aromatic heterocycles. The second kappa shape index (κ2) is 8.41. The lowest BCUT2D eigenvalue weighted by molar-refractivity contribution is -0.384. The van der Waals surface area contributed by atoms with E-state index in [1.54, 1.807) is 0 Å². The van der Waals surface area contributed by atoms with Crippen molar-refractivity contribution >= 4 is 56.3 Å². The number of nitrogens with one attached hydrogen (secondary N) is 1. The van der Waals surface area contributed by atoms with Crippen molar-refractivity contribution in [3.8, 4) is 5.75 Å². The van der Waals surface area contributed by atoms with Crippen molar-refractivity contribution in [2.45, 2.75) is 0 Å². The maximum absolute atomic E-state index is 13.3. The van der Waals surface area contributed by atoms with E-state index < -0.39 is 29.2 Å². The number of carbonyl (C=O) groups is 2. The lowest BCUT2D eigenvalue weighted by Gasteiger charge is -2.10. The standard InChI is InChI=1S/C18H12ClFN2O6S/c1-27-13-5-3-10(22(25)26)7-12(13)21-15(23)8-28-18(24)17-16(19)11-4-2-9(20)6-14(11)29-17/h2-7H,8H2,1H3,(H,21,23). The molecule has 1 N–H and O–H groups in total. The highest BCUT2D eigenvalue weighted by Crippen LogP contribution is 2.36. The third-order valence-corrected chi connectivity index (χ3v) is 5.42. The zero-order chi connectivity index (χ0) is 21.1. The third-order valence-electron chi connectivity index (χ3n) is 3.78. The van der Waals surface area contributed by atoms with E-state index in [1.165, 1.54) is 37.4 Å². The van der Waals surface area contributed by atoms with E-state index in [1.807, 2.05) is 0 Å². The lowest BCUT2D eigenvalue weighted by atomic mass is 10.2. The summed E-state index contributed by atoms with van der Waals surface area (Å²) in [5.41, 5.74) is -0.194. The molecule has 1 amide bonds. The normalized spacial score (nSPS) is 10.6. The predicted octanol–water partition coefficient (Wildman–Crippen LogP) is 4.41. The van der Waals surface area contributed by atoms with Gasteiger partial charge in [0.2, 0.25) is 0 Å². The van der Waals surface area contributed by atoms with Crippen LogP contribution in [0.2, 0.25) is 5.02 Å². The first-order chi connectivity index (χ1) is 13.8. The zero-order valence-electron chi connectivity index (χ0n) is 14.7. The van der Waals surface area contributed by atoms with Crippen molar-refractivity contribution in [2.75, 3.05) is 19.0 Å². The van der Waals surface area contributed by atoms with E-state index >= 15 is 0 Å². The molecule has 0 radical (unpaired) electrons. The number of methoxy groups -OCH3 is 1. The van der Waals surface area contributed by atoms with Gasteiger partial charge in [-0.25, -0.2) is 9.18 Å². The summed E-state index contributed by atoms with van der Waals surface area (Å²) < 4.78 is 23.8. The zero-order valence-corrected chi connectivity index (χ0v) is 16.3. The predicted molar refractivity (Wildman–Crippen MR) is 105 cm³/mol. The molecule has 0 unspecified atom stereocenters. The fourth-order valence-corrected chi connectivity index (χ4v) is 3.89. The number of benzene rings is 2. The van der Waals surface area contributed by atoms with Crippen molar-refractivity contribution in [2.24, 2.45) is 0 Å². The van der Waals surface area contributed by atoms with Crippen LogP contribution in [0.5, 0.6) is 5.75 Å². The van der Waals surface area contributed by atoms with Gasteiger partial charge in [-0.15, -0.1) is 11.3 Å². The lowest BCUT2D eigenvalue weighted by Crippen LogP contribution is -2.21. The minimum atomic E-state index is -0.849. The minimum absolute atomic E-state index is 0.0352. The first kappa shape index (κ1) is 20.5. The molecule has 3 rings (SSSR count). The molecule has 0 bridgehead atoms. The van der Waals surface area contributed by atoms with Crippen molar-refractivity contribution < 1.29 is 28.4 Å². The van der Waals surface area contributed by atoms with Gasteiger partial charge in [0.1, 0.15) is 16.4 Å². The highest BCUT2D eigenvalue weighted by atomic mass is 35.5. The van der Waals surface area contributed by atoms with Crippen LogP contribution in [0.4, 0.5) is 15.8 Å². The molecular formula is C18H12ClFN2O6S. The van der Waals surface area contributed by atoms with Gasteiger partial charge in [-0.1, -0.05) is 11.6 Å². The number of hydrogen-bond donors (Lipinski definition) is 1. The largest absolute Gasteiger partial charge is 0.495 e. The molecule has 0 saturated carbocycles. The van der Waals surface area contributed by atoms with Crippen molar-refractivity contribution in [1.29, 1.82) is 0 Å². The van der Waals surface area contributed by atoms with Crippen LogP contribution >= 0.6 is 22.9 Å². The van der Waals surface area contributed by atoms with Crippen LogP contribution in [0, 0.1) is 15.9 Å². The summed E-state index contributed by atoms with van der Waals surface area (Å²) in [4.78, 5) is 34.7. The fourth-order valence-electron chi connectivity index (χ4n) is 2.46. The van der Waals surface area contributed by atoms with E-state index in [0.717, 1.165) is 17.4 Å². The number of ether oxygens (including phenoxy) is 2. The Labute approximate surface area is 171 Å². The van der Waals surface area contributed by atoms with Crippen LogP contribution in [0.1, 0.15) is 9.67 Å². The van der Waals surface area contributed by atoms with E-state index in [2.05, 4.69) is 5.32 Å². The Bertz CT molecular complexity index is 1130. The van der Waals surface area contributed by atoms with Gasteiger partial charge < -0.3 is 14.8 Å². The van der Waals surface area contributed by atoms with Gasteiger partial charge >= 0.3 is 5.97 Å². The molecular weight excluding hydrogens is 427 g/mol. The van der Waals surface area contributed by atoms with Crippen LogP contribution in [0.25, 0.3) is 10.1 Å². The van der Waals surface area contributed by atoms with Gasteiger partial charge in [0.25, 0.3) is 11.6 Å². The highest BCUT2D eigenvalue weighted by Gasteiger charge is 2.20. The Morgan fingerprint density at radius 1 is 1.28 bits per heavy atom. The Balaban J connectivity index is 1.70. The number of fused-ring (bicyclic) bond motifs is 1. The quantitative estimate of drug-likeness (QED) is 0.347. The maximum atomic E-state index is 13.3. The second-order valence-electron chi connectivity index (χ2n) is 5.65. The summed E-state index contributed by atoms with van der Waals surface area (Å²) in [5, 5.41) is 13.9. The van der Waals surface area contributed by atoms with Crippen molar-refractivity contribution in [3.05, 3.63) is 62.2 Å². The van der Waals surface area contributed by atoms with Crippen LogP contribution in [0.15, 0.2) is 36.4 Å². The maximum Gasteiger partial charge on any atom is 0.350 e. The Hall–Kier alpha value is -3.24. The van der Waals surface area contributed by atoms with Gasteiger partial charge in [-0.3, -0.25) is 14.9 Å². The molecule has 1 heterocycles. The molecule has 0 fully saturated rings. The van der Waals surface area contributed by atoms with Gasteiger partial charge in [-0.05, 0) is 24.3 Å². The Morgan fingerprint density at radius 3 is 2.72 bits per heavy atom. The molecule has 150 valence electrons. The first-order valence-corrected chi connectivity index (χ1v) is 9.16. The summed E-state index contributed by atoms with van der Waals surface area (Å²) in [6, 6.07) is 7.58. The molecule has 2 aromatic carbocycles. The molecule has 0 atom stereocenters. The van der Waals surface area contributed by atoms with Crippen molar-refractivity contribution in [3.63, 3.8) is 0 Å². The van der Waals surface area contributed by atoms with E-state index in [4.69, 9.17) is 21.1 Å². The number of nitrogens with zero attached hydrogens (tertiary/aromatic N) is 1. The van der Waals surface area contributed by atoms with E-state index in [-0.39, 0.29) is 27.0 Å². The smallest absolute Gasteiger partial charge is 0.350 e. The average molecular weight is 439 g/mol. The second-order valence-corrected chi connectivity index (χ2v) is 7.08. The molecule has 8 nitrogen and oxygen atoms in total. The van der Waals surface area contributed by atoms with Crippen LogP contribution in [0.3, 0.4) is 0 Å². The molecule has 29 heavy (non-hydrogen) atoms. The summed E-state index contributed by atoms with van der Waals surface area (Å²) >= 11 is 7.08. The Morgan fingerprint density at radius 2 is 2.03 bits per heavy atom. The number of nitro benzene ring substituents is 1. The SMILES string of the molecule is COc1ccc([N+](=O)[O-])cc1NC(=O)COC(=O)c1sc2cc(F)ccc2c1Cl. The molecule has 0 aliphatic heterocycles. The van der Waals surface area contributed by atoms with Gasteiger partial charge in [0.05, 0.1) is 22.7 Å². The number of non-ortho nitro benzene ring substituents is 1. The van der Waals surface area contributed by atoms with Crippen LogP contribution < -0.4 is 10.1 Å². The molecule has 0 saturated heterocycles. The van der Waals surface area contributed by atoms with E-state index in [9.17, 15) is 24.1 Å². The number of rotatable bonds is 6. The highest BCUT2D eigenvalue weighted by molar-refractivity contribution is 7.21. The van der Waals surface area contributed by atoms with E-state index in [0.29, 0.717) is 10.1 Å². The molecule has 11 heteroatoms. The number of amides is 1. The van der Waals surface area contributed by atoms with Gasteiger partial charge in [-0.2, -0.15) is 0 Å². The van der Waals surface area contributed by atoms with Crippen LogP contribution in [-0.2, 0) is 9.53 Å². The molecule has 3 aromatic rings. The summed E-state index contributed by atoms with van der Waals surface area (Å²) in [6.07, 6.45) is 0. The molecule has 0 spiro atoms. The summed E-state index contributed by atoms with van der Waals surface area (Å²) in [6.45, 7) is -0.663. The fraction of sp³-hybridized carbons (Fsp3) is 0.111. The molecule has 0 aliphatic rings. The monoisotopic (exact) mass is 438 g/mol. The van der Waals surface area contributed by atoms with Gasteiger partial charge in [0, 0.05) is 22.2 Å². The number of halogens is 2. The van der Waals surface area contributed by atoms with Gasteiger partial charge in [0.15, 0.2) is 6.61 Å². The third kappa shape index (κ3) is 4.44. The Kier molecular flexibility index (Phi) is 5.95. The van der Waals surface area contributed by atoms with Crippen LogP contribution in [-0.4, -0.2) is 30.5 Å². The topological polar surface area (TPSA) is 108 Å². The minimum Gasteiger partial charge on any atom is -0.495 e. The summed E-state index contributed by atoms with van der Waals surface area (Å²) in [5.74, 6) is -1.86. The summed E-state index contributed by atoms with van der Waals surface area (Å²) in [7, 11) is 1.34. The van der Waals surface area contributed by atoms with Crippen molar-refractivity contribution in [1.82, 2.24) is 0 Å². The number of carbonyl (C=O) groups excluding carboxylic acids is 2. The number of nitro groups is 1.